The minimum atomic E-state index is 0.188. The van der Waals surface area contributed by atoms with E-state index >= 15 is 0 Å². The van der Waals surface area contributed by atoms with Gasteiger partial charge >= 0.3 is 0 Å². The Bertz CT molecular complexity index is 125. The Morgan fingerprint density at radius 2 is 2.56 bits per heavy atom. The van der Waals surface area contributed by atoms with Crippen molar-refractivity contribution in [3.8, 4) is 0 Å². The minimum absolute atomic E-state index is 0.188. The highest BCUT2D eigenvalue weighted by molar-refractivity contribution is 5.92. The number of hydrogen-bond acceptors (Lipinski definition) is 1. The van der Waals surface area contributed by atoms with Crippen LogP contribution >= 0.6 is 0 Å². The van der Waals surface area contributed by atoms with E-state index in [9.17, 15) is 4.79 Å². The maximum absolute atomic E-state index is 10.9. The second-order valence-electron chi connectivity index (χ2n) is 2.38. The van der Waals surface area contributed by atoms with Crippen LogP contribution in [0.3, 0.4) is 0 Å². The molecule has 1 aliphatic rings. The molecule has 1 unspecified atom stereocenters. The van der Waals surface area contributed by atoms with Crippen LogP contribution in [0.5, 0.6) is 0 Å². The summed E-state index contributed by atoms with van der Waals surface area (Å²) in [7, 11) is 0. The zero-order chi connectivity index (χ0) is 6.69. The molecule has 1 rings (SSSR count). The molecular formula is C7H12NO+. The molecule has 0 aromatic carbocycles. The van der Waals surface area contributed by atoms with Gasteiger partial charge in [-0.25, -0.2) is 0 Å². The van der Waals surface area contributed by atoms with E-state index in [-0.39, 0.29) is 11.8 Å². The summed E-state index contributed by atoms with van der Waals surface area (Å²) in [4.78, 5) is 10.9. The predicted molar refractivity (Wildman–Crippen MR) is 35.0 cm³/mol. The topological polar surface area (TPSA) is 33.7 Å². The van der Waals surface area contributed by atoms with Crippen molar-refractivity contribution < 1.29 is 10.1 Å². The Balaban J connectivity index is 2.41. The lowest BCUT2D eigenvalue weighted by molar-refractivity contribution is -0.656. The normalized spacial score (nSPS) is 26.0. The van der Waals surface area contributed by atoms with Gasteiger partial charge < -0.3 is 5.32 Å². The van der Waals surface area contributed by atoms with Crippen molar-refractivity contribution in [2.24, 2.45) is 0 Å². The first-order valence-electron chi connectivity index (χ1n) is 3.34. The van der Waals surface area contributed by atoms with Gasteiger partial charge in [-0.1, -0.05) is 6.58 Å². The largest absolute Gasteiger partial charge is 0.337 e. The molecule has 1 saturated heterocycles. The van der Waals surface area contributed by atoms with Crippen molar-refractivity contribution in [1.82, 2.24) is 0 Å². The van der Waals surface area contributed by atoms with Gasteiger partial charge in [0.25, 0.3) is 0 Å². The summed E-state index contributed by atoms with van der Waals surface area (Å²) in [5.74, 6) is 0.188. The molecule has 0 saturated carbocycles. The highest BCUT2D eigenvalue weighted by Gasteiger charge is 2.23. The van der Waals surface area contributed by atoms with Crippen molar-refractivity contribution >= 4 is 5.78 Å². The van der Waals surface area contributed by atoms with Crippen molar-refractivity contribution in [1.29, 1.82) is 0 Å². The number of ketones is 1. The average molecular weight is 126 g/mol. The second-order valence-corrected chi connectivity index (χ2v) is 2.38. The molecule has 0 aromatic rings. The van der Waals surface area contributed by atoms with E-state index in [0.29, 0.717) is 0 Å². The zero-order valence-electron chi connectivity index (χ0n) is 5.47. The maximum Gasteiger partial charge on any atom is 0.212 e. The molecule has 9 heavy (non-hydrogen) atoms. The van der Waals surface area contributed by atoms with Gasteiger partial charge in [0.05, 0.1) is 6.54 Å². The van der Waals surface area contributed by atoms with E-state index in [1.54, 1.807) is 0 Å². The lowest BCUT2D eigenvalue weighted by atomic mass is 10.1. The van der Waals surface area contributed by atoms with Crippen LogP contribution in [0, 0.1) is 0 Å². The number of quaternary nitrogens is 1. The van der Waals surface area contributed by atoms with Crippen LogP contribution in [-0.2, 0) is 4.79 Å². The fraction of sp³-hybridized carbons (Fsp3) is 0.571. The van der Waals surface area contributed by atoms with Crippen LogP contribution < -0.4 is 5.32 Å². The van der Waals surface area contributed by atoms with Gasteiger partial charge in [0.15, 0.2) is 0 Å². The first-order valence-corrected chi connectivity index (χ1v) is 3.34. The van der Waals surface area contributed by atoms with Gasteiger partial charge in [0.2, 0.25) is 5.78 Å². The third-order valence-corrected chi connectivity index (χ3v) is 1.74. The molecule has 1 heterocycles. The third-order valence-electron chi connectivity index (χ3n) is 1.74. The summed E-state index contributed by atoms with van der Waals surface area (Å²) in [6.45, 7) is 4.54. The van der Waals surface area contributed by atoms with Crippen molar-refractivity contribution in [2.45, 2.75) is 18.9 Å². The average Bonchev–Trinajstić information content (AvgIpc) is 2.37. The van der Waals surface area contributed by atoms with E-state index in [1.165, 1.54) is 12.5 Å². The number of carbonyl (C=O) groups excluding carboxylic acids is 1. The van der Waals surface area contributed by atoms with Crippen LogP contribution in [0.15, 0.2) is 12.7 Å². The van der Waals surface area contributed by atoms with E-state index in [4.69, 9.17) is 0 Å². The van der Waals surface area contributed by atoms with Gasteiger partial charge in [-0.15, -0.1) is 0 Å². The highest BCUT2D eigenvalue weighted by atomic mass is 16.1. The molecule has 2 nitrogen and oxygen atoms in total. The van der Waals surface area contributed by atoms with E-state index in [0.717, 1.165) is 13.0 Å². The summed E-state index contributed by atoms with van der Waals surface area (Å²) >= 11 is 0. The molecular weight excluding hydrogens is 114 g/mol. The van der Waals surface area contributed by atoms with Gasteiger partial charge in [-0.05, 0) is 6.08 Å². The summed E-state index contributed by atoms with van der Waals surface area (Å²) in [6, 6.07) is 0.197. The lowest BCUT2D eigenvalue weighted by Gasteiger charge is -1.98. The van der Waals surface area contributed by atoms with Gasteiger partial charge in [0.1, 0.15) is 6.04 Å². The fourth-order valence-corrected chi connectivity index (χ4v) is 1.18. The Hall–Kier alpha value is -0.630. The summed E-state index contributed by atoms with van der Waals surface area (Å²) in [6.07, 6.45) is 3.63. The molecule has 0 radical (unpaired) electrons. The van der Waals surface area contributed by atoms with Crippen LogP contribution in [0.1, 0.15) is 12.8 Å². The number of rotatable bonds is 2. The van der Waals surface area contributed by atoms with Crippen LogP contribution in [0.2, 0.25) is 0 Å². The minimum Gasteiger partial charge on any atom is -0.337 e. The molecule has 1 fully saturated rings. The van der Waals surface area contributed by atoms with Crippen LogP contribution in [-0.4, -0.2) is 18.4 Å². The van der Waals surface area contributed by atoms with Crippen molar-refractivity contribution in [3.63, 3.8) is 0 Å². The number of carbonyl (C=O) groups is 1. The second kappa shape index (κ2) is 2.78. The molecule has 1 atom stereocenters. The molecule has 0 aromatic heterocycles. The summed E-state index contributed by atoms with van der Waals surface area (Å²) in [5, 5.41) is 2.09. The molecule has 0 amide bonds. The molecule has 2 N–H and O–H groups in total. The predicted octanol–water partition coefficient (Wildman–Crippen LogP) is -0.533. The highest BCUT2D eigenvalue weighted by Crippen LogP contribution is 1.98. The number of hydrogen-bond donors (Lipinski definition) is 1. The van der Waals surface area contributed by atoms with E-state index < -0.39 is 0 Å². The fourth-order valence-electron chi connectivity index (χ4n) is 1.18. The van der Waals surface area contributed by atoms with Crippen LogP contribution in [0.4, 0.5) is 0 Å². The first-order chi connectivity index (χ1) is 4.34. The lowest BCUT2D eigenvalue weighted by Crippen LogP contribution is -2.88. The SMILES string of the molecule is C=CC(=O)C1CCC[NH2+]1. The van der Waals surface area contributed by atoms with Crippen LogP contribution in [0.25, 0.3) is 0 Å². The van der Waals surface area contributed by atoms with E-state index in [1.807, 2.05) is 0 Å². The maximum atomic E-state index is 10.9. The molecule has 0 aliphatic carbocycles. The Morgan fingerprint density at radius 1 is 1.78 bits per heavy atom. The molecule has 0 bridgehead atoms. The smallest absolute Gasteiger partial charge is 0.212 e. The standard InChI is InChI=1S/C7H11NO/c1-2-7(9)6-4-3-5-8-6/h2,6,8H,1,3-5H2/p+1. The van der Waals surface area contributed by atoms with Gasteiger partial charge in [-0.3, -0.25) is 4.79 Å². The summed E-state index contributed by atoms with van der Waals surface area (Å²) in [5.41, 5.74) is 0. The first kappa shape index (κ1) is 6.49. The Labute approximate surface area is 54.9 Å². The molecule has 50 valence electrons. The van der Waals surface area contributed by atoms with E-state index in [2.05, 4.69) is 11.9 Å². The molecule has 0 spiro atoms. The zero-order valence-corrected chi connectivity index (χ0v) is 5.47. The third kappa shape index (κ3) is 1.39. The van der Waals surface area contributed by atoms with Gasteiger partial charge in [-0.2, -0.15) is 0 Å². The Kier molecular flexibility index (Phi) is 2.01. The Morgan fingerprint density at radius 3 is 3.00 bits per heavy atom. The molecule has 2 heteroatoms. The quantitative estimate of drug-likeness (QED) is 0.496. The summed E-state index contributed by atoms with van der Waals surface area (Å²) < 4.78 is 0. The monoisotopic (exact) mass is 126 g/mol. The van der Waals surface area contributed by atoms with Crippen molar-refractivity contribution in [2.75, 3.05) is 6.54 Å². The van der Waals surface area contributed by atoms with Crippen molar-refractivity contribution in [3.05, 3.63) is 12.7 Å². The molecule has 1 aliphatic heterocycles. The van der Waals surface area contributed by atoms with Gasteiger partial charge in [0, 0.05) is 12.8 Å². The number of nitrogens with two attached hydrogens (primary N) is 1.